The molecule has 23 heavy (non-hydrogen) atoms. The van der Waals surface area contributed by atoms with Gasteiger partial charge in [-0.1, -0.05) is 56.9 Å². The predicted molar refractivity (Wildman–Crippen MR) is 95.4 cm³/mol. The van der Waals surface area contributed by atoms with Gasteiger partial charge in [-0.2, -0.15) is 0 Å². The highest BCUT2D eigenvalue weighted by Crippen LogP contribution is 2.35. The molecule has 3 unspecified atom stereocenters. The van der Waals surface area contributed by atoms with Crippen LogP contribution in [0.15, 0.2) is 24.3 Å². The molecule has 0 amide bonds. The molecule has 0 spiro atoms. The van der Waals surface area contributed by atoms with Gasteiger partial charge in [0, 0.05) is 6.42 Å². The van der Waals surface area contributed by atoms with Gasteiger partial charge in [0.05, 0.1) is 6.10 Å². The smallest absolute Gasteiger partial charge is 0.303 e. The maximum absolute atomic E-state index is 10.4. The lowest BCUT2D eigenvalue weighted by Crippen LogP contribution is -2.07. The van der Waals surface area contributed by atoms with Crippen molar-refractivity contribution in [1.29, 1.82) is 0 Å². The summed E-state index contributed by atoms with van der Waals surface area (Å²) >= 11 is 0. The number of carbonyl (C=O) groups is 1. The zero-order valence-electron chi connectivity index (χ0n) is 14.6. The molecule has 0 aromatic rings. The number of aliphatic hydroxyl groups excluding tert-OH is 1. The van der Waals surface area contributed by atoms with Gasteiger partial charge in [0.25, 0.3) is 0 Å². The van der Waals surface area contributed by atoms with Crippen molar-refractivity contribution in [2.24, 2.45) is 11.8 Å². The zero-order chi connectivity index (χ0) is 16.9. The Bertz CT molecular complexity index is 373. The minimum Gasteiger partial charge on any atom is -0.481 e. The zero-order valence-corrected chi connectivity index (χ0v) is 14.6. The standard InChI is InChI=1S/C20H34O3/c1-2-3-6-13-19(21)16-15-18-12-9-11-17(18)10-7-4-5-8-14-20(22)23/h4,7,15-19,21H,2-3,5-6,8-14H2,1H3,(H,22,23)/b7-4+,16-15+. The Morgan fingerprint density at radius 1 is 1.22 bits per heavy atom. The summed E-state index contributed by atoms with van der Waals surface area (Å²) in [7, 11) is 0. The van der Waals surface area contributed by atoms with E-state index in [9.17, 15) is 9.90 Å². The monoisotopic (exact) mass is 322 g/mol. The van der Waals surface area contributed by atoms with E-state index in [0.29, 0.717) is 11.8 Å². The molecule has 0 aromatic carbocycles. The van der Waals surface area contributed by atoms with Gasteiger partial charge in [-0.25, -0.2) is 0 Å². The highest BCUT2D eigenvalue weighted by Gasteiger charge is 2.23. The predicted octanol–water partition coefficient (Wildman–Crippen LogP) is 5.10. The first-order chi connectivity index (χ1) is 11.1. The van der Waals surface area contributed by atoms with Crippen LogP contribution in [0.5, 0.6) is 0 Å². The van der Waals surface area contributed by atoms with Crippen molar-refractivity contribution in [3.63, 3.8) is 0 Å². The van der Waals surface area contributed by atoms with Crippen LogP contribution < -0.4 is 0 Å². The Morgan fingerprint density at radius 2 is 2.04 bits per heavy atom. The van der Waals surface area contributed by atoms with Gasteiger partial charge < -0.3 is 10.2 Å². The quantitative estimate of drug-likeness (QED) is 0.388. The van der Waals surface area contributed by atoms with Crippen LogP contribution in [0.1, 0.15) is 77.6 Å². The maximum atomic E-state index is 10.4. The number of carboxylic acids is 1. The average Bonchev–Trinajstić information content (AvgIpc) is 2.96. The first-order valence-electron chi connectivity index (χ1n) is 9.36. The fourth-order valence-corrected chi connectivity index (χ4v) is 3.34. The van der Waals surface area contributed by atoms with Gasteiger partial charge in [0.1, 0.15) is 0 Å². The summed E-state index contributed by atoms with van der Waals surface area (Å²) in [6.45, 7) is 2.18. The number of aliphatic carboxylic acids is 1. The second-order valence-electron chi connectivity index (χ2n) is 6.80. The molecule has 2 N–H and O–H groups in total. The van der Waals surface area contributed by atoms with Gasteiger partial charge in [-0.3, -0.25) is 4.79 Å². The van der Waals surface area contributed by atoms with Crippen molar-refractivity contribution in [2.45, 2.75) is 83.7 Å². The van der Waals surface area contributed by atoms with E-state index in [4.69, 9.17) is 5.11 Å². The normalized spacial score (nSPS) is 23.0. The molecule has 3 nitrogen and oxygen atoms in total. The van der Waals surface area contributed by atoms with Crippen LogP contribution in [0.3, 0.4) is 0 Å². The molecule has 0 aromatic heterocycles. The van der Waals surface area contributed by atoms with E-state index in [1.807, 2.05) is 6.08 Å². The lowest BCUT2D eigenvalue weighted by Gasteiger charge is -2.15. The van der Waals surface area contributed by atoms with Gasteiger partial charge in [0.15, 0.2) is 0 Å². The fourth-order valence-electron chi connectivity index (χ4n) is 3.34. The molecule has 132 valence electrons. The topological polar surface area (TPSA) is 57.5 Å². The number of hydrogen-bond donors (Lipinski definition) is 2. The van der Waals surface area contributed by atoms with Crippen molar-refractivity contribution in [2.75, 3.05) is 0 Å². The molecule has 3 atom stereocenters. The number of unbranched alkanes of at least 4 members (excludes halogenated alkanes) is 3. The van der Waals surface area contributed by atoms with Crippen molar-refractivity contribution >= 4 is 5.97 Å². The van der Waals surface area contributed by atoms with Crippen molar-refractivity contribution in [3.8, 4) is 0 Å². The highest BCUT2D eigenvalue weighted by molar-refractivity contribution is 5.66. The molecule has 0 saturated heterocycles. The van der Waals surface area contributed by atoms with Crippen LogP contribution in [0, 0.1) is 11.8 Å². The van der Waals surface area contributed by atoms with Gasteiger partial charge >= 0.3 is 5.97 Å². The minimum atomic E-state index is -0.711. The first kappa shape index (κ1) is 20.0. The van der Waals surface area contributed by atoms with E-state index >= 15 is 0 Å². The Balaban J connectivity index is 2.24. The Kier molecular flexibility index (Phi) is 10.7. The van der Waals surface area contributed by atoms with Crippen molar-refractivity contribution in [3.05, 3.63) is 24.3 Å². The number of rotatable bonds is 12. The van der Waals surface area contributed by atoms with Crippen molar-refractivity contribution < 1.29 is 15.0 Å². The second kappa shape index (κ2) is 12.3. The molecule has 0 aliphatic heterocycles. The molecule has 1 saturated carbocycles. The minimum absolute atomic E-state index is 0.259. The number of hydrogen-bond acceptors (Lipinski definition) is 2. The molecular weight excluding hydrogens is 288 g/mol. The molecular formula is C20H34O3. The maximum Gasteiger partial charge on any atom is 0.303 e. The molecule has 1 rings (SSSR count). The Hall–Kier alpha value is -1.09. The summed E-state index contributed by atoms with van der Waals surface area (Å²) < 4.78 is 0. The molecule has 0 radical (unpaired) electrons. The first-order valence-corrected chi connectivity index (χ1v) is 9.36. The van der Waals surface area contributed by atoms with Crippen LogP contribution in [0.25, 0.3) is 0 Å². The van der Waals surface area contributed by atoms with Crippen LogP contribution in [0.4, 0.5) is 0 Å². The Labute approximate surface area is 141 Å². The van der Waals surface area contributed by atoms with Gasteiger partial charge in [0.2, 0.25) is 0 Å². The van der Waals surface area contributed by atoms with Crippen LogP contribution in [0.2, 0.25) is 0 Å². The summed E-state index contributed by atoms with van der Waals surface area (Å²) in [5, 5.41) is 18.6. The largest absolute Gasteiger partial charge is 0.481 e. The van der Waals surface area contributed by atoms with E-state index < -0.39 is 5.97 Å². The van der Waals surface area contributed by atoms with Crippen LogP contribution in [-0.4, -0.2) is 22.3 Å². The van der Waals surface area contributed by atoms with E-state index in [2.05, 4.69) is 25.2 Å². The molecule has 1 fully saturated rings. The summed E-state index contributed by atoms with van der Waals surface area (Å²) in [6.07, 6.45) is 19.4. The fraction of sp³-hybridized carbons (Fsp3) is 0.750. The van der Waals surface area contributed by atoms with Crippen molar-refractivity contribution in [1.82, 2.24) is 0 Å². The SMILES string of the molecule is CCCCCC(O)/C=C/C1CCCC1C/C=C/CCCC(=O)O. The van der Waals surface area contributed by atoms with E-state index in [0.717, 1.165) is 32.1 Å². The average molecular weight is 322 g/mol. The number of allylic oxidation sites excluding steroid dienone is 3. The number of aliphatic hydroxyl groups is 1. The third kappa shape index (κ3) is 9.60. The van der Waals surface area contributed by atoms with Crippen LogP contribution >= 0.6 is 0 Å². The van der Waals surface area contributed by atoms with Gasteiger partial charge in [-0.05, 0) is 50.4 Å². The van der Waals surface area contributed by atoms with Gasteiger partial charge in [-0.15, -0.1) is 0 Å². The summed E-state index contributed by atoms with van der Waals surface area (Å²) in [5.41, 5.74) is 0. The lowest BCUT2D eigenvalue weighted by atomic mass is 9.91. The second-order valence-corrected chi connectivity index (χ2v) is 6.80. The molecule has 1 aliphatic rings. The molecule has 3 heteroatoms. The van der Waals surface area contributed by atoms with Crippen LogP contribution in [-0.2, 0) is 4.79 Å². The summed E-state index contributed by atoms with van der Waals surface area (Å²) in [4.78, 5) is 10.4. The third-order valence-corrected chi connectivity index (χ3v) is 4.77. The third-order valence-electron chi connectivity index (χ3n) is 4.77. The Morgan fingerprint density at radius 3 is 2.78 bits per heavy atom. The lowest BCUT2D eigenvalue weighted by molar-refractivity contribution is -0.137. The summed E-state index contributed by atoms with van der Waals surface area (Å²) in [6, 6.07) is 0. The molecule has 0 heterocycles. The highest BCUT2D eigenvalue weighted by atomic mass is 16.4. The van der Waals surface area contributed by atoms with E-state index in [-0.39, 0.29) is 12.5 Å². The van der Waals surface area contributed by atoms with E-state index in [1.165, 1.54) is 32.1 Å². The molecule has 0 bridgehead atoms. The van der Waals surface area contributed by atoms with E-state index in [1.54, 1.807) is 0 Å². The summed E-state index contributed by atoms with van der Waals surface area (Å²) in [5.74, 6) is 0.571. The molecule has 1 aliphatic carbocycles. The number of carboxylic acid groups (broad SMARTS) is 1.